The summed E-state index contributed by atoms with van der Waals surface area (Å²) >= 11 is 0. The average molecular weight is 463 g/mol. The first kappa shape index (κ1) is 23.3. The minimum absolute atomic E-state index is 0.206. The van der Waals surface area contributed by atoms with Crippen LogP contribution in [0.2, 0.25) is 0 Å². The Bertz CT molecular complexity index is 1130. The van der Waals surface area contributed by atoms with E-state index >= 15 is 0 Å². The number of hydrogen-bond acceptors (Lipinski definition) is 6. The van der Waals surface area contributed by atoms with E-state index < -0.39 is 6.09 Å². The number of rotatable bonds is 3. The number of carbonyl (C=O) groups excluding carboxylic acids is 2. The van der Waals surface area contributed by atoms with Crippen LogP contribution in [0.25, 0.3) is 5.57 Å². The zero-order valence-electron chi connectivity index (χ0n) is 19.6. The summed E-state index contributed by atoms with van der Waals surface area (Å²) in [6.07, 6.45) is 7.91. The molecule has 1 aromatic carbocycles. The van der Waals surface area contributed by atoms with E-state index in [0.29, 0.717) is 30.9 Å². The molecule has 178 valence electrons. The third kappa shape index (κ3) is 5.54. The van der Waals surface area contributed by atoms with Gasteiger partial charge in [-0.1, -0.05) is 18.7 Å². The van der Waals surface area contributed by atoms with E-state index in [-0.39, 0.29) is 6.03 Å². The minimum Gasteiger partial charge on any atom is -0.410 e. The van der Waals surface area contributed by atoms with Gasteiger partial charge in [0.2, 0.25) is 0 Å². The molecule has 0 saturated carbocycles. The van der Waals surface area contributed by atoms with Gasteiger partial charge in [-0.25, -0.2) is 19.6 Å². The summed E-state index contributed by atoms with van der Waals surface area (Å²) in [5.74, 6) is 1.21. The molecular formula is C25H30N6O3. The summed E-state index contributed by atoms with van der Waals surface area (Å²) < 4.78 is 5.27. The Morgan fingerprint density at radius 2 is 2.00 bits per heavy atom. The van der Waals surface area contributed by atoms with Gasteiger partial charge in [-0.2, -0.15) is 0 Å². The van der Waals surface area contributed by atoms with Gasteiger partial charge in [-0.15, -0.1) is 0 Å². The fourth-order valence-corrected chi connectivity index (χ4v) is 4.00. The van der Waals surface area contributed by atoms with E-state index in [0.717, 1.165) is 54.0 Å². The quantitative estimate of drug-likeness (QED) is 0.696. The largest absolute Gasteiger partial charge is 0.414 e. The molecule has 3 heterocycles. The van der Waals surface area contributed by atoms with Gasteiger partial charge in [0.25, 0.3) is 0 Å². The molecule has 0 bridgehead atoms. The molecule has 0 aliphatic carbocycles. The van der Waals surface area contributed by atoms with Crippen LogP contribution in [0.5, 0.6) is 5.75 Å². The summed E-state index contributed by atoms with van der Waals surface area (Å²) in [5, 5.41) is 6.22. The Hall–Kier alpha value is -3.88. The van der Waals surface area contributed by atoms with Crippen molar-refractivity contribution in [1.82, 2.24) is 19.8 Å². The molecule has 9 nitrogen and oxygen atoms in total. The van der Waals surface area contributed by atoms with Crippen molar-refractivity contribution in [2.24, 2.45) is 0 Å². The van der Waals surface area contributed by atoms with Crippen LogP contribution >= 0.6 is 0 Å². The second-order valence-electron chi connectivity index (χ2n) is 8.63. The van der Waals surface area contributed by atoms with Crippen molar-refractivity contribution in [3.63, 3.8) is 0 Å². The van der Waals surface area contributed by atoms with Crippen LogP contribution in [0.4, 0.5) is 21.1 Å². The number of hydrogen-bond donors (Lipinski definition) is 2. The number of amides is 3. The molecule has 2 aliphatic rings. The molecule has 9 heteroatoms. The number of allylic oxidation sites excluding steroid dienone is 1. The van der Waals surface area contributed by atoms with Crippen LogP contribution in [-0.4, -0.2) is 59.1 Å². The smallest absolute Gasteiger partial charge is 0.410 e. The Morgan fingerprint density at radius 3 is 2.76 bits per heavy atom. The molecule has 2 aromatic rings. The second-order valence-corrected chi connectivity index (χ2v) is 8.63. The Labute approximate surface area is 199 Å². The molecule has 0 radical (unpaired) electrons. The number of benzene rings is 1. The van der Waals surface area contributed by atoms with E-state index in [9.17, 15) is 9.59 Å². The van der Waals surface area contributed by atoms with Crippen molar-refractivity contribution >= 4 is 29.2 Å². The molecule has 2 aliphatic heterocycles. The molecule has 4 rings (SSSR count). The second kappa shape index (κ2) is 10.4. The van der Waals surface area contributed by atoms with Gasteiger partial charge < -0.3 is 25.2 Å². The third-order valence-electron chi connectivity index (χ3n) is 5.85. The SMILES string of the molecule is C=C1CCCCc2c(ncnc2C2=CCN(C(=O)Nc3cccc(OC(=O)N(C)C)c3)CC2)N1. The molecule has 0 fully saturated rings. The number of carbonyl (C=O) groups is 2. The molecule has 0 saturated heterocycles. The molecule has 0 spiro atoms. The van der Waals surface area contributed by atoms with Crippen molar-refractivity contribution in [1.29, 1.82) is 0 Å². The van der Waals surface area contributed by atoms with Crippen LogP contribution in [0.3, 0.4) is 0 Å². The summed E-state index contributed by atoms with van der Waals surface area (Å²) in [4.78, 5) is 36.7. The van der Waals surface area contributed by atoms with Crippen molar-refractivity contribution in [2.75, 3.05) is 37.8 Å². The van der Waals surface area contributed by atoms with Crippen molar-refractivity contribution in [3.05, 3.63) is 60.2 Å². The highest BCUT2D eigenvalue weighted by atomic mass is 16.6. The van der Waals surface area contributed by atoms with Crippen LogP contribution < -0.4 is 15.4 Å². The molecule has 0 unspecified atom stereocenters. The first-order valence-corrected chi connectivity index (χ1v) is 11.4. The van der Waals surface area contributed by atoms with Gasteiger partial charge in [-0.3, -0.25) is 0 Å². The van der Waals surface area contributed by atoms with Gasteiger partial charge in [0, 0.05) is 50.2 Å². The van der Waals surface area contributed by atoms with Crippen LogP contribution in [-0.2, 0) is 6.42 Å². The highest BCUT2D eigenvalue weighted by Crippen LogP contribution is 2.31. The average Bonchev–Trinajstić information content (AvgIpc) is 2.81. The standard InChI is InChI=1S/C25H30N6O3/c1-17-7-4-5-10-21-22(26-16-27-23(21)28-17)18-11-13-31(14-12-18)24(32)29-19-8-6-9-20(15-19)34-25(33)30(2)3/h6,8-9,11,15-16H,1,4-5,7,10,12-14H2,2-3H3,(H,29,32)(H,26,27,28). The van der Waals surface area contributed by atoms with E-state index in [1.165, 1.54) is 4.90 Å². The summed E-state index contributed by atoms with van der Waals surface area (Å²) in [7, 11) is 3.22. The first-order chi connectivity index (χ1) is 16.4. The minimum atomic E-state index is -0.477. The van der Waals surface area contributed by atoms with E-state index in [2.05, 4.69) is 33.3 Å². The molecular weight excluding hydrogens is 432 g/mol. The summed E-state index contributed by atoms with van der Waals surface area (Å²) in [6.45, 7) is 5.14. The fraction of sp³-hybridized carbons (Fsp3) is 0.360. The number of aromatic nitrogens is 2. The number of nitrogens with zero attached hydrogens (tertiary/aromatic N) is 4. The molecule has 2 N–H and O–H groups in total. The van der Waals surface area contributed by atoms with E-state index in [1.54, 1.807) is 49.6 Å². The number of urea groups is 1. The monoisotopic (exact) mass is 462 g/mol. The maximum absolute atomic E-state index is 12.8. The zero-order chi connectivity index (χ0) is 24.1. The Balaban J connectivity index is 1.42. The lowest BCUT2D eigenvalue weighted by molar-refractivity contribution is 0.172. The predicted molar refractivity (Wildman–Crippen MR) is 132 cm³/mol. The van der Waals surface area contributed by atoms with Gasteiger partial charge in [0.05, 0.1) is 5.69 Å². The van der Waals surface area contributed by atoms with Gasteiger partial charge >= 0.3 is 12.1 Å². The topological polar surface area (TPSA) is 99.7 Å². The number of anilines is 2. The highest BCUT2D eigenvalue weighted by molar-refractivity contribution is 5.90. The molecule has 34 heavy (non-hydrogen) atoms. The lowest BCUT2D eigenvalue weighted by atomic mass is 9.96. The predicted octanol–water partition coefficient (Wildman–Crippen LogP) is 4.51. The highest BCUT2D eigenvalue weighted by Gasteiger charge is 2.22. The molecule has 3 amide bonds. The van der Waals surface area contributed by atoms with Gasteiger partial charge in [0.15, 0.2) is 0 Å². The Kier molecular flexibility index (Phi) is 7.10. The van der Waals surface area contributed by atoms with E-state index in [4.69, 9.17) is 4.74 Å². The first-order valence-electron chi connectivity index (χ1n) is 11.4. The van der Waals surface area contributed by atoms with Crippen molar-refractivity contribution in [3.8, 4) is 5.75 Å². The number of nitrogens with one attached hydrogen (secondary N) is 2. The lowest BCUT2D eigenvalue weighted by Gasteiger charge is -2.28. The normalized spacial score (nSPS) is 15.8. The maximum atomic E-state index is 12.8. The zero-order valence-corrected chi connectivity index (χ0v) is 19.6. The number of fused-ring (bicyclic) bond motifs is 1. The summed E-state index contributed by atoms with van der Waals surface area (Å²) in [6, 6.07) is 6.58. The molecule has 0 atom stereocenters. The van der Waals surface area contributed by atoms with Gasteiger partial charge in [0.1, 0.15) is 17.9 Å². The maximum Gasteiger partial charge on any atom is 0.414 e. The summed E-state index contributed by atoms with van der Waals surface area (Å²) in [5.41, 5.74) is 4.76. The van der Waals surface area contributed by atoms with Crippen LogP contribution in [0.15, 0.2) is 48.9 Å². The fourth-order valence-electron chi connectivity index (χ4n) is 4.00. The Morgan fingerprint density at radius 1 is 1.18 bits per heavy atom. The number of ether oxygens (including phenoxy) is 1. The van der Waals surface area contributed by atoms with E-state index in [1.807, 2.05) is 0 Å². The van der Waals surface area contributed by atoms with Crippen molar-refractivity contribution in [2.45, 2.75) is 32.1 Å². The molecule has 1 aromatic heterocycles. The van der Waals surface area contributed by atoms with Crippen LogP contribution in [0.1, 0.15) is 36.9 Å². The third-order valence-corrected chi connectivity index (χ3v) is 5.85. The van der Waals surface area contributed by atoms with Gasteiger partial charge in [-0.05, 0) is 49.8 Å². The lowest BCUT2D eigenvalue weighted by Crippen LogP contribution is -2.38. The van der Waals surface area contributed by atoms with Crippen LogP contribution in [0, 0.1) is 0 Å². The van der Waals surface area contributed by atoms with Crippen molar-refractivity contribution < 1.29 is 14.3 Å².